The smallest absolute Gasteiger partial charge is 0.302 e. The first-order valence-electron chi connectivity index (χ1n) is 9.37. The van der Waals surface area contributed by atoms with Gasteiger partial charge in [0.1, 0.15) is 12.7 Å². The Bertz CT molecular complexity index is 836. The molecule has 1 N–H and O–H groups in total. The van der Waals surface area contributed by atoms with Crippen LogP contribution in [-0.4, -0.2) is 30.7 Å². The minimum Gasteiger partial charge on any atom is -0.485 e. The molecule has 148 valence electrons. The highest BCUT2D eigenvalue weighted by molar-refractivity contribution is 5.82. The third-order valence-corrected chi connectivity index (χ3v) is 4.51. The molecule has 0 saturated carbocycles. The van der Waals surface area contributed by atoms with Gasteiger partial charge in [-0.3, -0.25) is 9.59 Å². The van der Waals surface area contributed by atoms with E-state index < -0.39 is 6.10 Å². The maximum Gasteiger partial charge on any atom is 0.302 e. The SMILES string of the molecule is CC(=O)O[C@H](C)Cc1ccc2c(c1)OC[C@H](C(=O)N[C@@H](C)c1ccccc1)O2. The van der Waals surface area contributed by atoms with Crippen molar-refractivity contribution in [1.29, 1.82) is 0 Å². The summed E-state index contributed by atoms with van der Waals surface area (Å²) in [6, 6.07) is 15.2. The van der Waals surface area contributed by atoms with Gasteiger partial charge in [0.25, 0.3) is 5.91 Å². The Morgan fingerprint density at radius 2 is 1.89 bits per heavy atom. The van der Waals surface area contributed by atoms with Crippen LogP contribution in [0.2, 0.25) is 0 Å². The molecule has 1 aliphatic rings. The van der Waals surface area contributed by atoms with Gasteiger partial charge in [-0.1, -0.05) is 36.4 Å². The molecular formula is C22H25NO5. The van der Waals surface area contributed by atoms with Crippen LogP contribution in [0.1, 0.15) is 37.9 Å². The van der Waals surface area contributed by atoms with E-state index in [1.54, 1.807) is 6.07 Å². The molecule has 0 aromatic heterocycles. The number of amides is 1. The van der Waals surface area contributed by atoms with E-state index in [-0.39, 0.29) is 30.6 Å². The number of fused-ring (bicyclic) bond motifs is 1. The van der Waals surface area contributed by atoms with E-state index in [0.717, 1.165) is 11.1 Å². The van der Waals surface area contributed by atoms with Crippen LogP contribution in [0.4, 0.5) is 0 Å². The molecule has 0 fully saturated rings. The lowest BCUT2D eigenvalue weighted by Gasteiger charge is -2.27. The van der Waals surface area contributed by atoms with Gasteiger partial charge in [0.2, 0.25) is 6.10 Å². The fraction of sp³-hybridized carbons (Fsp3) is 0.364. The van der Waals surface area contributed by atoms with E-state index in [0.29, 0.717) is 17.9 Å². The Morgan fingerprint density at radius 3 is 2.61 bits per heavy atom. The molecule has 0 aliphatic carbocycles. The first-order valence-corrected chi connectivity index (χ1v) is 9.37. The molecule has 1 amide bonds. The van der Waals surface area contributed by atoms with Crippen molar-refractivity contribution in [2.24, 2.45) is 0 Å². The van der Waals surface area contributed by atoms with E-state index in [1.807, 2.05) is 56.3 Å². The number of ether oxygens (including phenoxy) is 3. The van der Waals surface area contributed by atoms with Gasteiger partial charge in [0, 0.05) is 13.3 Å². The largest absolute Gasteiger partial charge is 0.485 e. The predicted molar refractivity (Wildman–Crippen MR) is 104 cm³/mol. The maximum atomic E-state index is 12.5. The molecule has 0 spiro atoms. The highest BCUT2D eigenvalue weighted by Gasteiger charge is 2.28. The molecule has 2 aromatic carbocycles. The van der Waals surface area contributed by atoms with Gasteiger partial charge in [-0.2, -0.15) is 0 Å². The quantitative estimate of drug-likeness (QED) is 0.776. The van der Waals surface area contributed by atoms with Crippen LogP contribution in [-0.2, 0) is 20.7 Å². The number of hydrogen-bond donors (Lipinski definition) is 1. The van der Waals surface area contributed by atoms with Crippen molar-refractivity contribution < 1.29 is 23.8 Å². The van der Waals surface area contributed by atoms with Crippen LogP contribution < -0.4 is 14.8 Å². The second-order valence-corrected chi connectivity index (χ2v) is 6.96. The topological polar surface area (TPSA) is 73.9 Å². The molecule has 6 heteroatoms. The van der Waals surface area contributed by atoms with Gasteiger partial charge in [0.05, 0.1) is 6.04 Å². The third-order valence-electron chi connectivity index (χ3n) is 4.51. The highest BCUT2D eigenvalue weighted by atomic mass is 16.6. The number of esters is 1. The van der Waals surface area contributed by atoms with Crippen LogP contribution in [0, 0.1) is 0 Å². The summed E-state index contributed by atoms with van der Waals surface area (Å²) < 4.78 is 16.7. The predicted octanol–water partition coefficient (Wildman–Crippen LogP) is 3.20. The average molecular weight is 383 g/mol. The molecule has 0 radical (unpaired) electrons. The van der Waals surface area contributed by atoms with Crippen molar-refractivity contribution >= 4 is 11.9 Å². The number of carbonyl (C=O) groups is 2. The second kappa shape index (κ2) is 8.78. The van der Waals surface area contributed by atoms with Crippen molar-refractivity contribution in [3.8, 4) is 11.5 Å². The van der Waals surface area contributed by atoms with Crippen molar-refractivity contribution in [1.82, 2.24) is 5.32 Å². The van der Waals surface area contributed by atoms with Crippen LogP contribution in [0.15, 0.2) is 48.5 Å². The van der Waals surface area contributed by atoms with Crippen LogP contribution in [0.5, 0.6) is 11.5 Å². The van der Waals surface area contributed by atoms with Crippen LogP contribution >= 0.6 is 0 Å². The summed E-state index contributed by atoms with van der Waals surface area (Å²) in [4.78, 5) is 23.6. The lowest BCUT2D eigenvalue weighted by Crippen LogP contribution is -2.44. The van der Waals surface area contributed by atoms with E-state index >= 15 is 0 Å². The molecule has 1 aliphatic heterocycles. The fourth-order valence-corrected chi connectivity index (χ4v) is 3.16. The minimum absolute atomic E-state index is 0.121. The Kier molecular flexibility index (Phi) is 6.19. The van der Waals surface area contributed by atoms with E-state index in [4.69, 9.17) is 14.2 Å². The Labute approximate surface area is 164 Å². The van der Waals surface area contributed by atoms with Crippen molar-refractivity contribution in [3.63, 3.8) is 0 Å². The molecule has 6 nitrogen and oxygen atoms in total. The summed E-state index contributed by atoms with van der Waals surface area (Å²) in [5.41, 5.74) is 2.00. The number of nitrogens with one attached hydrogen (secondary N) is 1. The van der Waals surface area contributed by atoms with Gasteiger partial charge < -0.3 is 19.5 Å². The number of rotatable bonds is 6. The summed E-state index contributed by atoms with van der Waals surface area (Å²) in [5.74, 6) is 0.605. The van der Waals surface area contributed by atoms with Gasteiger partial charge in [-0.05, 0) is 37.1 Å². The minimum atomic E-state index is -0.704. The molecular weight excluding hydrogens is 358 g/mol. The van der Waals surface area contributed by atoms with Gasteiger partial charge in [-0.25, -0.2) is 0 Å². The number of carbonyl (C=O) groups excluding carboxylic acids is 2. The van der Waals surface area contributed by atoms with E-state index in [1.165, 1.54) is 6.92 Å². The first-order chi connectivity index (χ1) is 13.4. The molecule has 3 rings (SSSR count). The van der Waals surface area contributed by atoms with Gasteiger partial charge >= 0.3 is 5.97 Å². The second-order valence-electron chi connectivity index (χ2n) is 6.96. The standard InChI is InChI=1S/C22H25NO5/c1-14(27-16(3)24)11-17-9-10-19-20(12-17)26-13-21(28-19)22(25)23-15(2)18-7-5-4-6-8-18/h4-10,12,14-15,21H,11,13H2,1-3H3,(H,23,25)/t14-,15+,21-/m1/s1. The number of benzene rings is 2. The molecule has 2 aromatic rings. The monoisotopic (exact) mass is 383 g/mol. The zero-order valence-electron chi connectivity index (χ0n) is 16.3. The molecule has 1 heterocycles. The molecule has 0 saturated heterocycles. The summed E-state index contributed by atoms with van der Waals surface area (Å²) in [5, 5.41) is 2.96. The highest BCUT2D eigenvalue weighted by Crippen LogP contribution is 2.33. The first kappa shape index (κ1) is 19.7. The molecule has 28 heavy (non-hydrogen) atoms. The zero-order chi connectivity index (χ0) is 20.1. The molecule has 0 unspecified atom stereocenters. The average Bonchev–Trinajstić information content (AvgIpc) is 2.67. The lowest BCUT2D eigenvalue weighted by atomic mass is 10.1. The summed E-state index contributed by atoms with van der Waals surface area (Å²) in [6.07, 6.45) is -0.350. The lowest BCUT2D eigenvalue weighted by molar-refractivity contribution is -0.145. The summed E-state index contributed by atoms with van der Waals surface area (Å²) in [7, 11) is 0. The van der Waals surface area contributed by atoms with Crippen LogP contribution in [0.25, 0.3) is 0 Å². The van der Waals surface area contributed by atoms with Crippen molar-refractivity contribution in [2.75, 3.05) is 6.61 Å². The maximum absolute atomic E-state index is 12.5. The summed E-state index contributed by atoms with van der Waals surface area (Å²) >= 11 is 0. The van der Waals surface area contributed by atoms with Crippen molar-refractivity contribution in [3.05, 3.63) is 59.7 Å². The Hall–Kier alpha value is -3.02. The Balaban J connectivity index is 1.59. The van der Waals surface area contributed by atoms with Crippen LogP contribution in [0.3, 0.4) is 0 Å². The fourth-order valence-electron chi connectivity index (χ4n) is 3.16. The Morgan fingerprint density at radius 1 is 1.14 bits per heavy atom. The normalized spacial score (nSPS) is 17.3. The van der Waals surface area contributed by atoms with E-state index in [9.17, 15) is 9.59 Å². The van der Waals surface area contributed by atoms with Crippen molar-refractivity contribution in [2.45, 2.75) is 45.4 Å². The van der Waals surface area contributed by atoms with Gasteiger partial charge in [-0.15, -0.1) is 0 Å². The molecule has 3 atom stereocenters. The van der Waals surface area contributed by atoms with E-state index in [2.05, 4.69) is 5.32 Å². The van der Waals surface area contributed by atoms with Gasteiger partial charge in [0.15, 0.2) is 11.5 Å². The summed E-state index contributed by atoms with van der Waals surface area (Å²) in [6.45, 7) is 5.31. The molecule has 0 bridgehead atoms. The third kappa shape index (κ3) is 5.03. The zero-order valence-corrected chi connectivity index (χ0v) is 16.3. The number of hydrogen-bond acceptors (Lipinski definition) is 5.